The van der Waals surface area contributed by atoms with Crippen molar-refractivity contribution in [1.82, 2.24) is 10.5 Å². The van der Waals surface area contributed by atoms with Gasteiger partial charge < -0.3 is 24.8 Å². The lowest BCUT2D eigenvalue weighted by atomic mass is 10.0. The zero-order valence-electron chi connectivity index (χ0n) is 17.8. The highest BCUT2D eigenvalue weighted by molar-refractivity contribution is 6.05. The molecule has 2 amide bonds. The fourth-order valence-corrected chi connectivity index (χ4v) is 3.52. The van der Waals surface area contributed by atoms with E-state index in [9.17, 15) is 14.0 Å². The third kappa shape index (κ3) is 4.62. The zero-order valence-corrected chi connectivity index (χ0v) is 17.8. The Morgan fingerprint density at radius 2 is 1.84 bits per heavy atom. The van der Waals surface area contributed by atoms with Gasteiger partial charge in [-0.2, -0.15) is 0 Å². The first-order chi connectivity index (χ1) is 15.4. The van der Waals surface area contributed by atoms with Gasteiger partial charge in [0.05, 0.1) is 13.2 Å². The molecule has 1 aliphatic heterocycles. The number of hydrogen-bond donors (Lipinski definition) is 2. The molecule has 0 atom stereocenters. The Kier molecular flexibility index (Phi) is 6.18. The SMILES string of the molecule is CNC(=O)c1cc(-c2cc(NC(=O)c3cc(F)cc(N4CCOCC4)c3)ccc2C)no1. The maximum atomic E-state index is 14.2. The average molecular weight is 438 g/mol. The van der Waals surface area contributed by atoms with E-state index in [-0.39, 0.29) is 17.2 Å². The first-order valence-electron chi connectivity index (χ1n) is 10.2. The van der Waals surface area contributed by atoms with Gasteiger partial charge in [0.25, 0.3) is 11.8 Å². The maximum absolute atomic E-state index is 14.2. The number of amides is 2. The van der Waals surface area contributed by atoms with E-state index < -0.39 is 11.7 Å². The molecular formula is C23H23FN4O4. The zero-order chi connectivity index (χ0) is 22.7. The van der Waals surface area contributed by atoms with Crippen LogP contribution in [0.5, 0.6) is 0 Å². The molecule has 0 saturated carbocycles. The van der Waals surface area contributed by atoms with Gasteiger partial charge in [0, 0.05) is 48.7 Å². The third-order valence-corrected chi connectivity index (χ3v) is 5.25. The molecule has 0 aliphatic carbocycles. The first kappa shape index (κ1) is 21.5. The normalized spacial score (nSPS) is 13.7. The summed E-state index contributed by atoms with van der Waals surface area (Å²) in [5.41, 5.74) is 3.44. The summed E-state index contributed by atoms with van der Waals surface area (Å²) in [6.45, 7) is 4.29. The Morgan fingerprint density at radius 3 is 2.59 bits per heavy atom. The summed E-state index contributed by atoms with van der Waals surface area (Å²) in [6, 6.07) is 11.1. The van der Waals surface area contributed by atoms with Crippen LogP contribution < -0.4 is 15.5 Å². The molecule has 0 radical (unpaired) electrons. The topological polar surface area (TPSA) is 96.7 Å². The molecule has 2 N–H and O–H groups in total. The molecule has 4 rings (SSSR count). The van der Waals surface area contributed by atoms with Gasteiger partial charge in [-0.25, -0.2) is 4.39 Å². The van der Waals surface area contributed by atoms with E-state index >= 15 is 0 Å². The number of rotatable bonds is 5. The molecule has 8 nitrogen and oxygen atoms in total. The number of carbonyl (C=O) groups excluding carboxylic acids is 2. The van der Waals surface area contributed by atoms with Crippen LogP contribution in [0.2, 0.25) is 0 Å². The minimum absolute atomic E-state index is 0.0896. The molecule has 2 aromatic carbocycles. The highest BCUT2D eigenvalue weighted by atomic mass is 19.1. The molecule has 0 spiro atoms. The van der Waals surface area contributed by atoms with Crippen LogP contribution in [0.3, 0.4) is 0 Å². The van der Waals surface area contributed by atoms with Crippen molar-refractivity contribution in [2.24, 2.45) is 0 Å². The predicted octanol–water partition coefficient (Wildman–Crippen LogP) is 3.24. The summed E-state index contributed by atoms with van der Waals surface area (Å²) in [6.07, 6.45) is 0. The number of hydrogen-bond acceptors (Lipinski definition) is 6. The largest absolute Gasteiger partial charge is 0.378 e. The van der Waals surface area contributed by atoms with E-state index in [1.54, 1.807) is 18.2 Å². The summed E-state index contributed by atoms with van der Waals surface area (Å²) in [7, 11) is 1.50. The second kappa shape index (κ2) is 9.19. The lowest BCUT2D eigenvalue weighted by molar-refractivity contribution is 0.0926. The van der Waals surface area contributed by atoms with Crippen molar-refractivity contribution >= 4 is 23.2 Å². The van der Waals surface area contributed by atoms with E-state index in [0.717, 1.165) is 5.56 Å². The maximum Gasteiger partial charge on any atom is 0.289 e. The molecule has 1 fully saturated rings. The number of benzene rings is 2. The number of ether oxygens (including phenoxy) is 1. The van der Waals surface area contributed by atoms with Crippen LogP contribution >= 0.6 is 0 Å². The van der Waals surface area contributed by atoms with Crippen molar-refractivity contribution in [1.29, 1.82) is 0 Å². The quantitative estimate of drug-likeness (QED) is 0.635. The molecule has 3 aromatic rings. The number of aryl methyl sites for hydroxylation is 1. The van der Waals surface area contributed by atoms with Gasteiger partial charge in [0.1, 0.15) is 11.5 Å². The third-order valence-electron chi connectivity index (χ3n) is 5.25. The van der Waals surface area contributed by atoms with Crippen LogP contribution in [0.25, 0.3) is 11.3 Å². The molecule has 1 saturated heterocycles. The van der Waals surface area contributed by atoms with Crippen LogP contribution in [0.15, 0.2) is 47.0 Å². The first-order valence-corrected chi connectivity index (χ1v) is 10.2. The van der Waals surface area contributed by atoms with Crippen LogP contribution in [-0.2, 0) is 4.74 Å². The van der Waals surface area contributed by atoms with Crippen LogP contribution in [0.4, 0.5) is 15.8 Å². The second-order valence-electron chi connectivity index (χ2n) is 7.44. The van der Waals surface area contributed by atoms with Gasteiger partial charge in [-0.3, -0.25) is 9.59 Å². The number of nitrogens with zero attached hydrogens (tertiary/aromatic N) is 2. The number of nitrogens with one attached hydrogen (secondary N) is 2. The van der Waals surface area contributed by atoms with Gasteiger partial charge in [-0.1, -0.05) is 11.2 Å². The molecule has 0 bridgehead atoms. The van der Waals surface area contributed by atoms with Gasteiger partial charge >= 0.3 is 0 Å². The molecule has 1 aliphatic rings. The molecule has 2 heterocycles. The monoisotopic (exact) mass is 438 g/mol. The lowest BCUT2D eigenvalue weighted by Gasteiger charge is -2.29. The minimum atomic E-state index is -0.479. The summed E-state index contributed by atoms with van der Waals surface area (Å²) in [5.74, 6) is -1.20. The molecular weight excluding hydrogens is 415 g/mol. The predicted molar refractivity (Wildman–Crippen MR) is 117 cm³/mol. The van der Waals surface area contributed by atoms with Crippen molar-refractivity contribution in [3.8, 4) is 11.3 Å². The van der Waals surface area contributed by atoms with Crippen molar-refractivity contribution in [2.45, 2.75) is 6.92 Å². The lowest BCUT2D eigenvalue weighted by Crippen LogP contribution is -2.36. The fraction of sp³-hybridized carbons (Fsp3) is 0.261. The summed E-state index contributed by atoms with van der Waals surface area (Å²) < 4.78 is 24.7. The molecule has 1 aromatic heterocycles. The average Bonchev–Trinajstić information content (AvgIpc) is 3.30. The smallest absolute Gasteiger partial charge is 0.289 e. The van der Waals surface area contributed by atoms with Gasteiger partial charge in [0.15, 0.2) is 0 Å². The van der Waals surface area contributed by atoms with E-state index in [1.807, 2.05) is 17.9 Å². The minimum Gasteiger partial charge on any atom is -0.378 e. The summed E-state index contributed by atoms with van der Waals surface area (Å²) >= 11 is 0. The second-order valence-corrected chi connectivity index (χ2v) is 7.44. The Labute approximate surface area is 184 Å². The van der Waals surface area contributed by atoms with E-state index in [1.165, 1.54) is 25.2 Å². The number of halogens is 1. The van der Waals surface area contributed by atoms with Crippen LogP contribution in [0, 0.1) is 12.7 Å². The number of morpholine rings is 1. The number of anilines is 2. The Balaban J connectivity index is 1.56. The Hall–Kier alpha value is -3.72. The Bertz CT molecular complexity index is 1150. The van der Waals surface area contributed by atoms with E-state index in [2.05, 4.69) is 15.8 Å². The standard InChI is InChI=1S/C23H23FN4O4/c1-14-3-4-17(12-19(14)20-13-21(32-27-20)23(30)25-2)26-22(29)15-9-16(24)11-18(10-15)28-5-7-31-8-6-28/h3-4,9-13H,5-8H2,1-2H3,(H,25,30)(H,26,29). The van der Waals surface area contributed by atoms with Gasteiger partial charge in [0.2, 0.25) is 5.76 Å². The van der Waals surface area contributed by atoms with Crippen molar-refractivity contribution in [2.75, 3.05) is 43.6 Å². The van der Waals surface area contributed by atoms with Crippen LogP contribution in [-0.4, -0.2) is 50.3 Å². The highest BCUT2D eigenvalue weighted by Gasteiger charge is 2.17. The van der Waals surface area contributed by atoms with Crippen molar-refractivity contribution in [3.63, 3.8) is 0 Å². The molecule has 166 valence electrons. The molecule has 9 heteroatoms. The summed E-state index contributed by atoms with van der Waals surface area (Å²) in [5, 5.41) is 9.24. The highest BCUT2D eigenvalue weighted by Crippen LogP contribution is 2.27. The number of carbonyl (C=O) groups is 2. The van der Waals surface area contributed by atoms with Crippen LogP contribution in [0.1, 0.15) is 26.5 Å². The Morgan fingerprint density at radius 1 is 1.06 bits per heavy atom. The van der Waals surface area contributed by atoms with E-state index in [0.29, 0.717) is 48.9 Å². The van der Waals surface area contributed by atoms with Crippen molar-refractivity contribution in [3.05, 3.63) is 65.2 Å². The number of aromatic nitrogens is 1. The van der Waals surface area contributed by atoms with Crippen molar-refractivity contribution < 1.29 is 23.2 Å². The molecule has 0 unspecified atom stereocenters. The summed E-state index contributed by atoms with van der Waals surface area (Å²) in [4.78, 5) is 26.6. The fourth-order valence-electron chi connectivity index (χ4n) is 3.52. The van der Waals surface area contributed by atoms with Gasteiger partial charge in [-0.15, -0.1) is 0 Å². The molecule has 32 heavy (non-hydrogen) atoms. The van der Waals surface area contributed by atoms with Gasteiger partial charge in [-0.05, 0) is 42.8 Å². The van der Waals surface area contributed by atoms with E-state index in [4.69, 9.17) is 9.26 Å².